The molecule has 0 bridgehead atoms. The van der Waals surface area contributed by atoms with Gasteiger partial charge < -0.3 is 9.84 Å². The van der Waals surface area contributed by atoms with Gasteiger partial charge in [0.2, 0.25) is 10.0 Å². The maximum Gasteiger partial charge on any atom is 0.318 e. The first-order valence-electron chi connectivity index (χ1n) is 5.68. The van der Waals surface area contributed by atoms with E-state index < -0.39 is 22.5 Å². The number of carboxylic acid groups (broad SMARTS) is 1. The zero-order valence-electron chi connectivity index (χ0n) is 11.0. The van der Waals surface area contributed by atoms with Gasteiger partial charge in [0.1, 0.15) is 12.3 Å². The zero-order chi connectivity index (χ0) is 14.6. The topological polar surface area (TPSA) is 83.9 Å². The van der Waals surface area contributed by atoms with Crippen molar-refractivity contribution in [2.75, 3.05) is 13.6 Å². The summed E-state index contributed by atoms with van der Waals surface area (Å²) in [5.41, 5.74) is 0. The Bertz CT molecular complexity index is 536. The molecule has 19 heavy (non-hydrogen) atoms. The van der Waals surface area contributed by atoms with Crippen molar-refractivity contribution >= 4 is 16.0 Å². The molecule has 7 heteroatoms. The standard InChI is InChI=1S/C12H17NO5S/c1-9(2)18-10-4-6-11(7-5-10)19(16,17)13(3)8-12(14)15/h4-7,9H,8H2,1-3H3,(H,14,15). The molecule has 0 saturated carbocycles. The number of hydrogen-bond donors (Lipinski definition) is 1. The molecule has 0 unspecified atom stereocenters. The second-order valence-electron chi connectivity index (χ2n) is 4.29. The summed E-state index contributed by atoms with van der Waals surface area (Å²) in [5, 5.41) is 8.61. The van der Waals surface area contributed by atoms with E-state index in [1.165, 1.54) is 19.2 Å². The Labute approximate surface area is 112 Å². The molecular formula is C12H17NO5S. The SMILES string of the molecule is CC(C)Oc1ccc(S(=O)(=O)N(C)CC(=O)O)cc1. The van der Waals surface area contributed by atoms with Crippen LogP contribution in [0.2, 0.25) is 0 Å². The summed E-state index contributed by atoms with van der Waals surface area (Å²) in [7, 11) is -2.56. The molecule has 0 heterocycles. The maximum atomic E-state index is 12.0. The Hall–Kier alpha value is -1.60. The fourth-order valence-corrected chi connectivity index (χ4v) is 2.54. The Balaban J connectivity index is 2.93. The van der Waals surface area contributed by atoms with Gasteiger partial charge in [-0.05, 0) is 38.1 Å². The molecule has 0 fully saturated rings. The van der Waals surface area contributed by atoms with Crippen LogP contribution in [0.25, 0.3) is 0 Å². The number of ether oxygens (including phenoxy) is 1. The molecule has 0 aromatic heterocycles. The van der Waals surface area contributed by atoms with Crippen molar-refractivity contribution in [2.45, 2.75) is 24.8 Å². The Morgan fingerprint density at radius 2 is 1.84 bits per heavy atom. The average Bonchev–Trinajstić information content (AvgIpc) is 2.27. The zero-order valence-corrected chi connectivity index (χ0v) is 11.8. The lowest BCUT2D eigenvalue weighted by molar-refractivity contribution is -0.137. The first-order chi connectivity index (χ1) is 8.73. The minimum atomic E-state index is -3.78. The molecule has 0 aliphatic rings. The van der Waals surface area contributed by atoms with Crippen LogP contribution in [0, 0.1) is 0 Å². The summed E-state index contributed by atoms with van der Waals surface area (Å²) in [4.78, 5) is 10.6. The summed E-state index contributed by atoms with van der Waals surface area (Å²) >= 11 is 0. The minimum absolute atomic E-state index is 0.00265. The fraction of sp³-hybridized carbons (Fsp3) is 0.417. The highest BCUT2D eigenvalue weighted by molar-refractivity contribution is 7.89. The van der Waals surface area contributed by atoms with Gasteiger partial charge in [-0.1, -0.05) is 0 Å². The van der Waals surface area contributed by atoms with Gasteiger partial charge in [0.15, 0.2) is 0 Å². The van der Waals surface area contributed by atoms with Crippen LogP contribution >= 0.6 is 0 Å². The minimum Gasteiger partial charge on any atom is -0.491 e. The van der Waals surface area contributed by atoms with Crippen LogP contribution < -0.4 is 4.74 Å². The lowest BCUT2D eigenvalue weighted by Crippen LogP contribution is -2.31. The number of sulfonamides is 1. The lowest BCUT2D eigenvalue weighted by atomic mass is 10.3. The number of aliphatic carboxylic acids is 1. The maximum absolute atomic E-state index is 12.0. The van der Waals surface area contributed by atoms with Gasteiger partial charge in [-0.15, -0.1) is 0 Å². The van der Waals surface area contributed by atoms with Crippen LogP contribution in [-0.4, -0.2) is 43.5 Å². The van der Waals surface area contributed by atoms with E-state index in [2.05, 4.69) is 0 Å². The number of benzene rings is 1. The van der Waals surface area contributed by atoms with Gasteiger partial charge in [-0.2, -0.15) is 4.31 Å². The largest absolute Gasteiger partial charge is 0.491 e. The van der Waals surface area contributed by atoms with E-state index >= 15 is 0 Å². The highest BCUT2D eigenvalue weighted by Crippen LogP contribution is 2.19. The summed E-state index contributed by atoms with van der Waals surface area (Å²) in [6, 6.07) is 5.87. The van der Waals surface area contributed by atoms with E-state index in [-0.39, 0.29) is 11.0 Å². The van der Waals surface area contributed by atoms with Gasteiger partial charge in [0.05, 0.1) is 11.0 Å². The molecule has 106 valence electrons. The quantitative estimate of drug-likeness (QED) is 0.849. The van der Waals surface area contributed by atoms with Crippen molar-refractivity contribution in [3.05, 3.63) is 24.3 Å². The van der Waals surface area contributed by atoms with Crippen molar-refractivity contribution in [1.29, 1.82) is 0 Å². The Morgan fingerprint density at radius 3 is 2.26 bits per heavy atom. The number of hydrogen-bond acceptors (Lipinski definition) is 4. The predicted molar refractivity (Wildman–Crippen MR) is 69.7 cm³/mol. The molecule has 1 aromatic carbocycles. The molecule has 0 spiro atoms. The first-order valence-corrected chi connectivity index (χ1v) is 7.12. The monoisotopic (exact) mass is 287 g/mol. The second-order valence-corrected chi connectivity index (χ2v) is 6.34. The van der Waals surface area contributed by atoms with Crippen LogP contribution in [0.1, 0.15) is 13.8 Å². The smallest absolute Gasteiger partial charge is 0.318 e. The van der Waals surface area contributed by atoms with E-state index in [9.17, 15) is 13.2 Å². The molecule has 0 saturated heterocycles. The number of likely N-dealkylation sites (N-methyl/N-ethyl adjacent to an activating group) is 1. The van der Waals surface area contributed by atoms with Crippen LogP contribution in [0.15, 0.2) is 29.2 Å². The summed E-state index contributed by atoms with van der Waals surface area (Å²) in [6.45, 7) is 3.16. The van der Waals surface area contributed by atoms with Crippen LogP contribution in [0.4, 0.5) is 0 Å². The summed E-state index contributed by atoms with van der Waals surface area (Å²) < 4.78 is 30.2. The van der Waals surface area contributed by atoms with Crippen LogP contribution in [0.3, 0.4) is 0 Å². The molecule has 1 aromatic rings. The van der Waals surface area contributed by atoms with Gasteiger partial charge in [-0.3, -0.25) is 4.79 Å². The highest BCUT2D eigenvalue weighted by Gasteiger charge is 2.22. The third-order valence-electron chi connectivity index (χ3n) is 2.26. The number of carbonyl (C=O) groups is 1. The summed E-state index contributed by atoms with van der Waals surface area (Å²) in [6.07, 6.45) is -0.00265. The molecule has 1 rings (SSSR count). The van der Waals surface area contributed by atoms with Gasteiger partial charge in [0.25, 0.3) is 0 Å². The average molecular weight is 287 g/mol. The number of carboxylic acids is 1. The van der Waals surface area contributed by atoms with Crippen molar-refractivity contribution in [3.8, 4) is 5.75 Å². The van der Waals surface area contributed by atoms with Crippen molar-refractivity contribution < 1.29 is 23.1 Å². The second kappa shape index (κ2) is 6.03. The summed E-state index contributed by atoms with van der Waals surface area (Å²) in [5.74, 6) is -0.638. The van der Waals surface area contributed by atoms with E-state index in [0.29, 0.717) is 5.75 Å². The van der Waals surface area contributed by atoms with Gasteiger partial charge >= 0.3 is 5.97 Å². The molecule has 0 amide bonds. The van der Waals surface area contributed by atoms with E-state index in [1.807, 2.05) is 13.8 Å². The Morgan fingerprint density at radius 1 is 1.32 bits per heavy atom. The van der Waals surface area contributed by atoms with Crippen molar-refractivity contribution in [1.82, 2.24) is 4.31 Å². The molecule has 1 N–H and O–H groups in total. The van der Waals surface area contributed by atoms with Gasteiger partial charge in [-0.25, -0.2) is 8.42 Å². The molecule has 0 atom stereocenters. The van der Waals surface area contributed by atoms with Crippen molar-refractivity contribution in [2.24, 2.45) is 0 Å². The van der Waals surface area contributed by atoms with Crippen LogP contribution in [-0.2, 0) is 14.8 Å². The third-order valence-corrected chi connectivity index (χ3v) is 4.08. The highest BCUT2D eigenvalue weighted by atomic mass is 32.2. The van der Waals surface area contributed by atoms with Gasteiger partial charge in [0, 0.05) is 7.05 Å². The number of rotatable bonds is 6. The van der Waals surface area contributed by atoms with E-state index in [4.69, 9.17) is 9.84 Å². The Kier molecular flexibility index (Phi) is 4.90. The molecule has 6 nitrogen and oxygen atoms in total. The molecule has 0 aliphatic heterocycles. The van der Waals surface area contributed by atoms with E-state index in [1.54, 1.807) is 12.1 Å². The number of nitrogens with zero attached hydrogens (tertiary/aromatic N) is 1. The van der Waals surface area contributed by atoms with Crippen molar-refractivity contribution in [3.63, 3.8) is 0 Å². The van der Waals surface area contributed by atoms with E-state index in [0.717, 1.165) is 4.31 Å². The predicted octanol–water partition coefficient (Wildman–Crippen LogP) is 1.18. The normalized spacial score (nSPS) is 11.8. The molecular weight excluding hydrogens is 270 g/mol. The van der Waals surface area contributed by atoms with Crippen LogP contribution in [0.5, 0.6) is 5.75 Å². The first kappa shape index (κ1) is 15.5. The lowest BCUT2D eigenvalue weighted by Gasteiger charge is -2.15. The third kappa shape index (κ3) is 4.22. The molecule has 0 aliphatic carbocycles. The fourth-order valence-electron chi connectivity index (χ4n) is 1.42. The molecule has 0 radical (unpaired) electrons.